The van der Waals surface area contributed by atoms with Gasteiger partial charge in [0.05, 0.1) is 11.7 Å². The van der Waals surface area contributed by atoms with Crippen LogP contribution in [0.25, 0.3) is 5.57 Å². The quantitative estimate of drug-likeness (QED) is 0.438. The van der Waals surface area contributed by atoms with Gasteiger partial charge in [-0.25, -0.2) is 4.39 Å². The second-order valence-corrected chi connectivity index (χ2v) is 14.3. The number of imide groups is 1. The van der Waals surface area contributed by atoms with Crippen LogP contribution in [0, 0.1) is 11.2 Å². The number of amides is 2. The molecular formula is C34H40ClFN4O2. The molecule has 7 rings (SSSR count). The van der Waals surface area contributed by atoms with E-state index in [1.165, 1.54) is 17.6 Å². The van der Waals surface area contributed by atoms with Gasteiger partial charge in [0.15, 0.2) is 0 Å². The van der Waals surface area contributed by atoms with Gasteiger partial charge < -0.3 is 4.90 Å². The first-order chi connectivity index (χ1) is 20.1. The van der Waals surface area contributed by atoms with Crippen LogP contribution < -0.4 is 10.2 Å². The van der Waals surface area contributed by atoms with Gasteiger partial charge in [-0.1, -0.05) is 43.2 Å². The molecule has 0 saturated carbocycles. The van der Waals surface area contributed by atoms with E-state index in [0.717, 1.165) is 61.5 Å². The SMILES string of the molecule is CC1(C)CCC(CN2CC3CCC(C2)N3c2cc3c(cc2F)CN(C2CCC(=O)NC2=O)C3)=C(c2ccc(Cl)cc2)C1. The van der Waals surface area contributed by atoms with Gasteiger partial charge in [-0.05, 0) is 90.5 Å². The van der Waals surface area contributed by atoms with Gasteiger partial charge in [-0.2, -0.15) is 0 Å². The molecule has 0 radical (unpaired) electrons. The molecule has 2 aromatic rings. The van der Waals surface area contributed by atoms with Gasteiger partial charge in [-0.15, -0.1) is 0 Å². The summed E-state index contributed by atoms with van der Waals surface area (Å²) in [5, 5.41) is 3.23. The van der Waals surface area contributed by atoms with Crippen molar-refractivity contribution in [2.45, 2.75) is 90.0 Å². The number of fused-ring (bicyclic) bond motifs is 3. The maximum Gasteiger partial charge on any atom is 0.243 e. The first-order valence-corrected chi connectivity index (χ1v) is 15.9. The number of nitrogens with one attached hydrogen (secondary N) is 1. The van der Waals surface area contributed by atoms with Gasteiger partial charge in [-0.3, -0.25) is 24.7 Å². The smallest absolute Gasteiger partial charge is 0.243 e. The zero-order valence-electron chi connectivity index (χ0n) is 24.6. The predicted molar refractivity (Wildman–Crippen MR) is 164 cm³/mol. The number of anilines is 1. The van der Waals surface area contributed by atoms with E-state index in [4.69, 9.17) is 11.6 Å². The third kappa shape index (κ3) is 5.29. The molecule has 0 aromatic heterocycles. The van der Waals surface area contributed by atoms with E-state index >= 15 is 4.39 Å². The maximum absolute atomic E-state index is 15.7. The number of benzene rings is 2. The summed E-state index contributed by atoms with van der Waals surface area (Å²) in [7, 11) is 0. The topological polar surface area (TPSA) is 55.9 Å². The Bertz CT molecular complexity index is 1440. The standard InChI is InChI=1S/C34H40ClFN4O2/c1-34(2)12-11-22(28(15-34)21-3-5-25(35)6-4-21)16-38-19-26-7-8-27(20-38)40(26)31-14-24-18-39(17-23(24)13-29(31)36)30-9-10-32(41)37-33(30)42/h3-6,13-14,26-27,30H,7-12,15-20H2,1-2H3,(H,37,41,42). The Hall–Kier alpha value is -2.74. The van der Waals surface area contributed by atoms with Crippen LogP contribution in [-0.4, -0.2) is 59.4 Å². The summed E-state index contributed by atoms with van der Waals surface area (Å²) in [4.78, 5) is 31.1. The number of hydrogen-bond acceptors (Lipinski definition) is 5. The van der Waals surface area contributed by atoms with Gasteiger partial charge >= 0.3 is 0 Å². The molecule has 2 aromatic carbocycles. The first-order valence-electron chi connectivity index (χ1n) is 15.5. The minimum atomic E-state index is -0.334. The molecule has 8 heteroatoms. The van der Waals surface area contributed by atoms with E-state index in [9.17, 15) is 9.59 Å². The van der Waals surface area contributed by atoms with E-state index < -0.39 is 0 Å². The highest BCUT2D eigenvalue weighted by molar-refractivity contribution is 6.30. The molecule has 4 aliphatic heterocycles. The van der Waals surface area contributed by atoms with E-state index in [0.29, 0.717) is 43.7 Å². The largest absolute Gasteiger partial charge is 0.361 e. The summed E-state index contributed by atoms with van der Waals surface area (Å²) in [6, 6.07) is 12.3. The second kappa shape index (κ2) is 10.8. The average molecular weight is 591 g/mol. The summed E-state index contributed by atoms with van der Waals surface area (Å²) >= 11 is 6.21. The monoisotopic (exact) mass is 590 g/mol. The average Bonchev–Trinajstić information content (AvgIpc) is 3.46. The van der Waals surface area contributed by atoms with Crippen molar-refractivity contribution in [2.24, 2.45) is 5.41 Å². The van der Waals surface area contributed by atoms with Crippen molar-refractivity contribution >= 4 is 34.7 Å². The molecule has 3 fully saturated rings. The van der Waals surface area contributed by atoms with Crippen molar-refractivity contribution in [3.05, 3.63) is 69.5 Å². The van der Waals surface area contributed by atoms with E-state index in [1.54, 1.807) is 11.6 Å². The normalized spacial score (nSPS) is 27.9. The second-order valence-electron chi connectivity index (χ2n) is 13.9. The Kier molecular flexibility index (Phi) is 7.19. The van der Waals surface area contributed by atoms with Gasteiger partial charge in [0.1, 0.15) is 5.82 Å². The molecule has 2 bridgehead atoms. The van der Waals surface area contributed by atoms with E-state index in [-0.39, 0.29) is 29.1 Å². The number of allylic oxidation sites excluding steroid dienone is 1. The van der Waals surface area contributed by atoms with Crippen molar-refractivity contribution in [1.82, 2.24) is 15.1 Å². The van der Waals surface area contributed by atoms with Crippen LogP contribution in [0.4, 0.5) is 10.1 Å². The molecule has 3 saturated heterocycles. The number of hydrogen-bond donors (Lipinski definition) is 1. The number of nitrogens with zero attached hydrogens (tertiary/aromatic N) is 3. The molecular weight excluding hydrogens is 551 g/mol. The lowest BCUT2D eigenvalue weighted by Crippen LogP contribution is -2.54. The highest BCUT2D eigenvalue weighted by Crippen LogP contribution is 2.44. The number of rotatable bonds is 5. The lowest BCUT2D eigenvalue weighted by Gasteiger charge is -2.44. The minimum absolute atomic E-state index is 0.161. The fourth-order valence-electron chi connectivity index (χ4n) is 8.13. The molecule has 222 valence electrons. The minimum Gasteiger partial charge on any atom is -0.361 e. The zero-order chi connectivity index (χ0) is 29.2. The summed E-state index contributed by atoms with van der Waals surface area (Å²) in [6.45, 7) is 8.75. The molecule has 42 heavy (non-hydrogen) atoms. The highest BCUT2D eigenvalue weighted by Gasteiger charge is 2.42. The van der Waals surface area contributed by atoms with Gasteiger partial charge in [0.2, 0.25) is 11.8 Å². The molecule has 0 spiro atoms. The molecule has 3 unspecified atom stereocenters. The lowest BCUT2D eigenvalue weighted by atomic mass is 9.72. The molecule has 2 amide bonds. The highest BCUT2D eigenvalue weighted by atomic mass is 35.5. The zero-order valence-corrected chi connectivity index (χ0v) is 25.4. The number of carbonyl (C=O) groups is 2. The lowest BCUT2D eigenvalue weighted by molar-refractivity contribution is -0.137. The fourth-order valence-corrected chi connectivity index (χ4v) is 8.26. The number of halogens is 2. The van der Waals surface area contributed by atoms with Crippen LogP contribution in [0.5, 0.6) is 0 Å². The summed E-state index contributed by atoms with van der Waals surface area (Å²) < 4.78 is 15.7. The molecule has 5 aliphatic rings. The van der Waals surface area contributed by atoms with Crippen LogP contribution in [-0.2, 0) is 22.7 Å². The Morgan fingerprint density at radius 2 is 1.67 bits per heavy atom. The van der Waals surface area contributed by atoms with Gasteiger partial charge in [0, 0.05) is 56.3 Å². The van der Waals surface area contributed by atoms with Crippen molar-refractivity contribution in [2.75, 3.05) is 24.5 Å². The van der Waals surface area contributed by atoms with Crippen LogP contribution in [0.15, 0.2) is 42.0 Å². The summed E-state index contributed by atoms with van der Waals surface area (Å²) in [5.41, 5.74) is 7.36. The van der Waals surface area contributed by atoms with Crippen molar-refractivity contribution in [3.8, 4) is 0 Å². The van der Waals surface area contributed by atoms with Gasteiger partial charge in [0.25, 0.3) is 0 Å². The van der Waals surface area contributed by atoms with Crippen molar-refractivity contribution < 1.29 is 14.0 Å². The number of likely N-dealkylation sites (tertiary alicyclic amines) is 1. The Labute approximate surface area is 252 Å². The fraction of sp³-hybridized carbons (Fsp3) is 0.529. The molecule has 4 heterocycles. The maximum atomic E-state index is 15.7. The summed E-state index contributed by atoms with van der Waals surface area (Å²) in [5.74, 6) is -0.600. The predicted octanol–water partition coefficient (Wildman–Crippen LogP) is 5.92. The molecule has 6 nitrogen and oxygen atoms in total. The van der Waals surface area contributed by atoms with Crippen LogP contribution in [0.1, 0.15) is 75.5 Å². The van der Waals surface area contributed by atoms with Crippen LogP contribution in [0.2, 0.25) is 5.02 Å². The number of piperazine rings is 1. The van der Waals surface area contributed by atoms with E-state index in [1.807, 2.05) is 18.2 Å². The molecule has 1 aliphatic carbocycles. The van der Waals surface area contributed by atoms with Crippen molar-refractivity contribution in [3.63, 3.8) is 0 Å². The third-order valence-corrected chi connectivity index (χ3v) is 10.5. The first kappa shape index (κ1) is 28.1. The van der Waals surface area contributed by atoms with Crippen LogP contribution >= 0.6 is 11.6 Å². The number of piperidine rings is 1. The van der Waals surface area contributed by atoms with Crippen molar-refractivity contribution in [1.29, 1.82) is 0 Å². The van der Waals surface area contributed by atoms with E-state index in [2.05, 4.69) is 46.0 Å². The number of carbonyl (C=O) groups excluding carboxylic acids is 2. The molecule has 1 N–H and O–H groups in total. The Morgan fingerprint density at radius 1 is 0.976 bits per heavy atom. The third-order valence-electron chi connectivity index (χ3n) is 10.3. The summed E-state index contributed by atoms with van der Waals surface area (Å²) in [6.07, 6.45) is 6.42. The van der Waals surface area contributed by atoms with Crippen LogP contribution in [0.3, 0.4) is 0 Å². The molecule has 3 atom stereocenters. The Morgan fingerprint density at radius 3 is 2.36 bits per heavy atom. The Balaban J connectivity index is 1.08.